The molecule has 0 aliphatic heterocycles. The van der Waals surface area contributed by atoms with Crippen LogP contribution < -0.4 is 5.32 Å². The molecule has 1 aliphatic carbocycles. The molecule has 6 heteroatoms. The SMILES string of the molecule is Cc1nn(C)c(C)c1NC(=O)COC(=O)[C@@H]1C[C@@H]1C. The van der Waals surface area contributed by atoms with E-state index in [1.54, 1.807) is 4.68 Å². The van der Waals surface area contributed by atoms with E-state index in [2.05, 4.69) is 10.4 Å². The first-order valence-corrected chi connectivity index (χ1v) is 6.36. The maximum atomic E-state index is 11.7. The molecule has 0 unspecified atom stereocenters. The average Bonchev–Trinajstić information content (AvgIpc) is 3.03. The minimum absolute atomic E-state index is 0.0188. The molecule has 2 rings (SSSR count). The molecule has 2 atom stereocenters. The number of aromatic nitrogens is 2. The molecule has 0 spiro atoms. The number of anilines is 1. The average molecular weight is 265 g/mol. The number of aryl methyl sites for hydroxylation is 2. The number of ether oxygens (including phenoxy) is 1. The number of rotatable bonds is 4. The largest absolute Gasteiger partial charge is 0.455 e. The Kier molecular flexibility index (Phi) is 3.59. The van der Waals surface area contributed by atoms with Gasteiger partial charge in [-0.1, -0.05) is 6.92 Å². The van der Waals surface area contributed by atoms with Crippen LogP contribution in [0.3, 0.4) is 0 Å². The number of hydrogen-bond acceptors (Lipinski definition) is 4. The van der Waals surface area contributed by atoms with Crippen molar-refractivity contribution < 1.29 is 14.3 Å². The molecule has 1 aromatic rings. The molecule has 104 valence electrons. The Labute approximate surface area is 112 Å². The van der Waals surface area contributed by atoms with E-state index < -0.39 is 0 Å². The molecule has 6 nitrogen and oxygen atoms in total. The predicted octanol–water partition coefficient (Wildman–Crippen LogP) is 1.17. The number of nitrogens with zero attached hydrogens (tertiary/aromatic N) is 2. The van der Waals surface area contributed by atoms with Gasteiger partial charge in [0.15, 0.2) is 6.61 Å². The van der Waals surface area contributed by atoms with E-state index in [1.165, 1.54) is 0 Å². The lowest BCUT2D eigenvalue weighted by atomic mass is 10.3. The summed E-state index contributed by atoms with van der Waals surface area (Å²) in [6, 6.07) is 0. The van der Waals surface area contributed by atoms with Gasteiger partial charge < -0.3 is 10.1 Å². The molecule has 1 N–H and O–H groups in total. The lowest BCUT2D eigenvalue weighted by Crippen LogP contribution is -2.22. The normalized spacial score (nSPS) is 21.1. The van der Waals surface area contributed by atoms with Crippen LogP contribution in [0.5, 0.6) is 0 Å². The Morgan fingerprint density at radius 3 is 2.58 bits per heavy atom. The van der Waals surface area contributed by atoms with Gasteiger partial charge in [0.25, 0.3) is 5.91 Å². The van der Waals surface area contributed by atoms with Gasteiger partial charge in [-0.3, -0.25) is 14.3 Å². The van der Waals surface area contributed by atoms with Gasteiger partial charge in [-0.25, -0.2) is 0 Å². The fourth-order valence-corrected chi connectivity index (χ4v) is 2.02. The Morgan fingerprint density at radius 1 is 1.47 bits per heavy atom. The van der Waals surface area contributed by atoms with Crippen LogP contribution in [0, 0.1) is 25.7 Å². The van der Waals surface area contributed by atoms with Crippen LogP contribution >= 0.6 is 0 Å². The van der Waals surface area contributed by atoms with Gasteiger partial charge in [-0.05, 0) is 26.2 Å². The molecule has 1 saturated carbocycles. The summed E-state index contributed by atoms with van der Waals surface area (Å²) in [5, 5.41) is 6.93. The van der Waals surface area contributed by atoms with Crippen molar-refractivity contribution in [3.05, 3.63) is 11.4 Å². The van der Waals surface area contributed by atoms with E-state index >= 15 is 0 Å². The first-order valence-electron chi connectivity index (χ1n) is 6.36. The van der Waals surface area contributed by atoms with E-state index in [4.69, 9.17) is 4.74 Å². The molecule has 0 bridgehead atoms. The third-order valence-electron chi connectivity index (χ3n) is 3.53. The van der Waals surface area contributed by atoms with Crippen molar-refractivity contribution in [1.82, 2.24) is 9.78 Å². The maximum Gasteiger partial charge on any atom is 0.309 e. The summed E-state index contributed by atoms with van der Waals surface area (Å²) in [7, 11) is 1.81. The van der Waals surface area contributed by atoms with E-state index in [9.17, 15) is 9.59 Å². The molecule has 1 aliphatic rings. The van der Waals surface area contributed by atoms with Crippen molar-refractivity contribution >= 4 is 17.6 Å². The van der Waals surface area contributed by atoms with Crippen LogP contribution in [0.2, 0.25) is 0 Å². The third kappa shape index (κ3) is 2.94. The highest BCUT2D eigenvalue weighted by molar-refractivity contribution is 5.94. The molecule has 1 heterocycles. The molecule has 1 amide bonds. The highest BCUT2D eigenvalue weighted by atomic mass is 16.5. The molecule has 0 aromatic carbocycles. The van der Waals surface area contributed by atoms with E-state index in [-0.39, 0.29) is 24.4 Å². The second kappa shape index (κ2) is 5.03. The van der Waals surface area contributed by atoms with Gasteiger partial charge >= 0.3 is 5.97 Å². The fourth-order valence-electron chi connectivity index (χ4n) is 2.02. The minimum Gasteiger partial charge on any atom is -0.455 e. The number of carbonyl (C=O) groups is 2. The lowest BCUT2D eigenvalue weighted by molar-refractivity contribution is -0.148. The van der Waals surface area contributed by atoms with Crippen LogP contribution in [0.25, 0.3) is 0 Å². The number of carbonyl (C=O) groups excluding carboxylic acids is 2. The number of nitrogens with one attached hydrogen (secondary N) is 1. The molecular weight excluding hydrogens is 246 g/mol. The second-order valence-electron chi connectivity index (χ2n) is 5.14. The molecule has 0 radical (unpaired) electrons. The summed E-state index contributed by atoms with van der Waals surface area (Å²) < 4.78 is 6.68. The number of amides is 1. The fraction of sp³-hybridized carbons (Fsp3) is 0.615. The monoisotopic (exact) mass is 265 g/mol. The molecule has 19 heavy (non-hydrogen) atoms. The third-order valence-corrected chi connectivity index (χ3v) is 3.53. The van der Waals surface area contributed by atoms with Crippen molar-refractivity contribution in [3.8, 4) is 0 Å². The van der Waals surface area contributed by atoms with Gasteiger partial charge in [0.05, 0.1) is 23.0 Å². The summed E-state index contributed by atoms with van der Waals surface area (Å²) >= 11 is 0. The van der Waals surface area contributed by atoms with Crippen LogP contribution in [0.15, 0.2) is 0 Å². The highest BCUT2D eigenvalue weighted by Crippen LogP contribution is 2.38. The zero-order chi connectivity index (χ0) is 14.2. The Balaban J connectivity index is 1.86. The number of hydrogen-bond donors (Lipinski definition) is 1. The smallest absolute Gasteiger partial charge is 0.309 e. The predicted molar refractivity (Wildman–Crippen MR) is 69.5 cm³/mol. The summed E-state index contributed by atoms with van der Waals surface area (Å²) in [5.74, 6) is -0.240. The van der Waals surface area contributed by atoms with Crippen LogP contribution in [-0.2, 0) is 21.4 Å². The van der Waals surface area contributed by atoms with Crippen LogP contribution in [-0.4, -0.2) is 28.3 Å². The maximum absolute atomic E-state index is 11.7. The zero-order valence-corrected chi connectivity index (χ0v) is 11.7. The standard InChI is InChI=1S/C13H19N3O3/c1-7-5-10(7)13(18)19-6-11(17)14-12-8(2)15-16(4)9(12)3/h7,10H,5-6H2,1-4H3,(H,14,17)/t7-,10+/m0/s1. The van der Waals surface area contributed by atoms with Crippen LogP contribution in [0.4, 0.5) is 5.69 Å². The van der Waals surface area contributed by atoms with Gasteiger partial charge in [0, 0.05) is 7.05 Å². The van der Waals surface area contributed by atoms with Crippen molar-refractivity contribution in [2.24, 2.45) is 18.9 Å². The summed E-state index contributed by atoms with van der Waals surface area (Å²) in [4.78, 5) is 23.2. The number of esters is 1. The minimum atomic E-state index is -0.333. The zero-order valence-electron chi connectivity index (χ0n) is 11.7. The Hall–Kier alpha value is -1.85. The van der Waals surface area contributed by atoms with Gasteiger partial charge in [0.1, 0.15) is 0 Å². The first kappa shape index (κ1) is 13.6. The van der Waals surface area contributed by atoms with Crippen molar-refractivity contribution in [2.45, 2.75) is 27.2 Å². The summed E-state index contributed by atoms with van der Waals surface area (Å²) in [6.45, 7) is 5.44. The Bertz CT molecular complexity index is 521. The molecule has 0 saturated heterocycles. The topological polar surface area (TPSA) is 73.2 Å². The van der Waals surface area contributed by atoms with Crippen LogP contribution in [0.1, 0.15) is 24.7 Å². The molecular formula is C13H19N3O3. The summed E-state index contributed by atoms with van der Waals surface area (Å²) in [6.07, 6.45) is 0.862. The van der Waals surface area contributed by atoms with Gasteiger partial charge in [0.2, 0.25) is 0 Å². The highest BCUT2D eigenvalue weighted by Gasteiger charge is 2.40. The van der Waals surface area contributed by atoms with Crippen molar-refractivity contribution in [2.75, 3.05) is 11.9 Å². The second-order valence-corrected chi connectivity index (χ2v) is 5.14. The quantitative estimate of drug-likeness (QED) is 0.829. The Morgan fingerprint density at radius 2 is 2.11 bits per heavy atom. The summed E-state index contributed by atoms with van der Waals surface area (Å²) in [5.41, 5.74) is 2.30. The van der Waals surface area contributed by atoms with E-state index in [0.29, 0.717) is 11.6 Å². The molecule has 1 aromatic heterocycles. The molecule has 1 fully saturated rings. The van der Waals surface area contributed by atoms with Crippen molar-refractivity contribution in [1.29, 1.82) is 0 Å². The van der Waals surface area contributed by atoms with Gasteiger partial charge in [-0.15, -0.1) is 0 Å². The van der Waals surface area contributed by atoms with Gasteiger partial charge in [-0.2, -0.15) is 5.10 Å². The van der Waals surface area contributed by atoms with E-state index in [0.717, 1.165) is 17.8 Å². The van der Waals surface area contributed by atoms with Crippen molar-refractivity contribution in [3.63, 3.8) is 0 Å². The van der Waals surface area contributed by atoms with E-state index in [1.807, 2.05) is 27.8 Å². The first-order chi connectivity index (χ1) is 8.90. The lowest BCUT2D eigenvalue weighted by Gasteiger charge is -2.06.